The van der Waals surface area contributed by atoms with Crippen LogP contribution in [-0.2, 0) is 9.53 Å². The number of rotatable bonds is 4. The second-order valence-corrected chi connectivity index (χ2v) is 7.11. The number of nitrogens with zero attached hydrogens (tertiary/aromatic N) is 1. The van der Waals surface area contributed by atoms with Crippen LogP contribution in [0.15, 0.2) is 30.5 Å². The number of nitro groups is 1. The van der Waals surface area contributed by atoms with Crippen molar-refractivity contribution >= 4 is 17.7 Å². The summed E-state index contributed by atoms with van der Waals surface area (Å²) in [5, 5.41) is 27.8. The van der Waals surface area contributed by atoms with Gasteiger partial charge < -0.3 is 20.5 Å². The Kier molecular flexibility index (Phi) is 5.81. The predicted molar refractivity (Wildman–Crippen MR) is 97.2 cm³/mol. The van der Waals surface area contributed by atoms with Crippen molar-refractivity contribution in [2.75, 3.05) is 0 Å². The molecule has 0 bridgehead atoms. The van der Waals surface area contributed by atoms with Gasteiger partial charge in [-0.1, -0.05) is 31.6 Å². The third-order valence-corrected chi connectivity index (χ3v) is 5.15. The Bertz CT molecular complexity index is 801. The van der Waals surface area contributed by atoms with Gasteiger partial charge in [-0.25, -0.2) is 4.79 Å². The molecule has 2 atom stereocenters. The average molecular weight is 388 g/mol. The number of esters is 1. The number of carbonyl (C=O) groups is 2. The summed E-state index contributed by atoms with van der Waals surface area (Å²) in [6.45, 7) is 3.76. The molecule has 2 aliphatic rings. The van der Waals surface area contributed by atoms with Crippen molar-refractivity contribution in [3.8, 4) is 5.75 Å². The van der Waals surface area contributed by atoms with Crippen molar-refractivity contribution in [1.82, 2.24) is 10.6 Å². The van der Waals surface area contributed by atoms with E-state index >= 15 is 0 Å². The lowest BCUT2D eigenvalue weighted by molar-refractivity contribution is -0.398. The maximum absolute atomic E-state index is 12.9. The number of ether oxygens (including phenoxy) is 1. The Morgan fingerprint density at radius 3 is 2.54 bits per heavy atom. The van der Waals surface area contributed by atoms with Crippen LogP contribution in [0.25, 0.3) is 0 Å². The smallest absolute Gasteiger partial charge is 0.319 e. The van der Waals surface area contributed by atoms with E-state index in [4.69, 9.17) is 4.74 Å². The van der Waals surface area contributed by atoms with Crippen LogP contribution in [0.5, 0.6) is 5.75 Å². The lowest BCUT2D eigenvalue weighted by Crippen LogP contribution is -2.51. The van der Waals surface area contributed by atoms with Crippen LogP contribution in [0.1, 0.15) is 50.1 Å². The molecule has 1 saturated heterocycles. The molecule has 150 valence electrons. The Morgan fingerprint density at radius 2 is 1.89 bits per heavy atom. The van der Waals surface area contributed by atoms with Gasteiger partial charge in [0.15, 0.2) is 0 Å². The third kappa shape index (κ3) is 4.24. The van der Waals surface area contributed by atoms with E-state index in [9.17, 15) is 24.8 Å². The van der Waals surface area contributed by atoms with Gasteiger partial charge in [0, 0.05) is 11.8 Å². The summed E-state index contributed by atoms with van der Waals surface area (Å²) in [4.78, 5) is 35.1. The molecule has 2 unspecified atom stereocenters. The highest BCUT2D eigenvalue weighted by atomic mass is 16.6. The van der Waals surface area contributed by atoms with Gasteiger partial charge in [0.2, 0.25) is 0 Å². The Hall–Kier alpha value is -3.10. The Labute approximate surface area is 161 Å². The molecule has 1 aromatic rings. The van der Waals surface area contributed by atoms with E-state index in [-0.39, 0.29) is 17.4 Å². The first-order valence-electron chi connectivity index (χ1n) is 9.29. The fourth-order valence-electron chi connectivity index (χ4n) is 3.71. The van der Waals surface area contributed by atoms with Crippen LogP contribution in [0, 0.1) is 16.0 Å². The van der Waals surface area contributed by atoms with Gasteiger partial charge >= 0.3 is 12.0 Å². The van der Waals surface area contributed by atoms with Gasteiger partial charge in [0.05, 0.1) is 11.0 Å². The minimum Gasteiger partial charge on any atom is -0.868 e. The first-order valence-corrected chi connectivity index (χ1v) is 9.29. The van der Waals surface area contributed by atoms with Crippen molar-refractivity contribution in [2.45, 2.75) is 50.7 Å². The number of hydrogen-bond donors (Lipinski definition) is 2. The molecule has 3 rings (SSSR count). The molecule has 2 amide bonds. The largest absolute Gasteiger partial charge is 0.868 e. The number of benzene rings is 1. The molecule has 0 radical (unpaired) electrons. The minimum atomic E-state index is -0.960. The van der Waals surface area contributed by atoms with Crippen molar-refractivity contribution in [3.63, 3.8) is 0 Å². The Balaban J connectivity index is 1.87. The third-order valence-electron chi connectivity index (χ3n) is 5.15. The lowest BCUT2D eigenvalue weighted by atomic mass is 9.88. The van der Waals surface area contributed by atoms with E-state index in [1.165, 1.54) is 6.07 Å². The van der Waals surface area contributed by atoms with Crippen LogP contribution >= 0.6 is 0 Å². The molecule has 0 spiro atoms. The summed E-state index contributed by atoms with van der Waals surface area (Å²) < 4.78 is 5.68. The van der Waals surface area contributed by atoms with E-state index < -0.39 is 40.3 Å². The number of hydrogen-bond acceptors (Lipinski definition) is 6. The molecular formula is C19H22N3O6-. The van der Waals surface area contributed by atoms with Gasteiger partial charge in [-0.05, 0) is 37.0 Å². The van der Waals surface area contributed by atoms with Crippen molar-refractivity contribution in [2.24, 2.45) is 5.92 Å². The van der Waals surface area contributed by atoms with Crippen molar-refractivity contribution in [3.05, 3.63) is 46.2 Å². The summed E-state index contributed by atoms with van der Waals surface area (Å²) in [6.07, 6.45) is 5.56. The topological polar surface area (TPSA) is 134 Å². The van der Waals surface area contributed by atoms with Crippen LogP contribution < -0.4 is 15.7 Å². The molecule has 28 heavy (non-hydrogen) atoms. The SMILES string of the molecule is C=C1NC(=O)NC(c2ccc([O-])c([N+](=O)[O-])c2)C1C(=O)OC1CCCCCC1. The summed E-state index contributed by atoms with van der Waals surface area (Å²) in [5.74, 6) is -2.26. The molecule has 0 aromatic heterocycles. The molecular weight excluding hydrogens is 366 g/mol. The predicted octanol–water partition coefficient (Wildman–Crippen LogP) is 2.42. The summed E-state index contributed by atoms with van der Waals surface area (Å²) in [7, 11) is 0. The molecule has 2 N–H and O–H groups in total. The lowest BCUT2D eigenvalue weighted by Gasteiger charge is -2.34. The molecule has 2 fully saturated rings. The number of carbonyl (C=O) groups excluding carboxylic acids is 2. The highest BCUT2D eigenvalue weighted by Gasteiger charge is 2.40. The Morgan fingerprint density at radius 1 is 1.21 bits per heavy atom. The molecule has 1 aromatic carbocycles. The zero-order chi connectivity index (χ0) is 20.3. The van der Waals surface area contributed by atoms with Crippen LogP contribution in [-0.4, -0.2) is 23.0 Å². The van der Waals surface area contributed by atoms with Crippen LogP contribution in [0.3, 0.4) is 0 Å². The van der Waals surface area contributed by atoms with Crippen molar-refractivity contribution < 1.29 is 24.4 Å². The number of urea groups is 1. The molecule has 9 nitrogen and oxygen atoms in total. The molecule has 1 heterocycles. The molecule has 1 saturated carbocycles. The zero-order valence-corrected chi connectivity index (χ0v) is 15.3. The summed E-state index contributed by atoms with van der Waals surface area (Å²) >= 11 is 0. The van der Waals surface area contributed by atoms with E-state index in [0.29, 0.717) is 0 Å². The second kappa shape index (κ2) is 8.28. The quantitative estimate of drug-likeness (QED) is 0.352. The average Bonchev–Trinajstić information content (AvgIpc) is 2.89. The first kappa shape index (κ1) is 19.7. The molecule has 9 heteroatoms. The number of nitrogens with one attached hydrogen (secondary N) is 2. The van der Waals surface area contributed by atoms with E-state index in [1.807, 2.05) is 0 Å². The maximum Gasteiger partial charge on any atom is 0.319 e. The standard InChI is InChI=1S/C19H23N3O6/c1-11-16(18(24)28-13-6-4-2-3-5-7-13)17(21-19(25)20-11)12-8-9-15(23)14(10-12)22(26)27/h8-10,13,16-17,23H,1-7H2,(H2,20,21,25)/p-1. The summed E-state index contributed by atoms with van der Waals surface area (Å²) in [5.41, 5.74) is -0.196. The van der Waals surface area contributed by atoms with E-state index in [2.05, 4.69) is 17.2 Å². The fourth-order valence-corrected chi connectivity index (χ4v) is 3.71. The normalized spacial score (nSPS) is 23.3. The zero-order valence-electron chi connectivity index (χ0n) is 15.3. The highest BCUT2D eigenvalue weighted by Crippen LogP contribution is 2.35. The second-order valence-electron chi connectivity index (χ2n) is 7.11. The monoisotopic (exact) mass is 388 g/mol. The number of nitro benzene ring substituents is 1. The first-order chi connectivity index (χ1) is 13.4. The highest BCUT2D eigenvalue weighted by molar-refractivity contribution is 5.85. The van der Waals surface area contributed by atoms with Gasteiger partial charge in [-0.15, -0.1) is 0 Å². The maximum atomic E-state index is 12.9. The van der Waals surface area contributed by atoms with Gasteiger partial charge in [0.25, 0.3) is 5.69 Å². The minimum absolute atomic E-state index is 0.154. The van der Waals surface area contributed by atoms with Gasteiger partial charge in [-0.2, -0.15) is 0 Å². The van der Waals surface area contributed by atoms with Crippen LogP contribution in [0.2, 0.25) is 0 Å². The van der Waals surface area contributed by atoms with E-state index in [1.54, 1.807) is 0 Å². The van der Waals surface area contributed by atoms with Gasteiger partial charge in [0.1, 0.15) is 12.0 Å². The number of amides is 2. The van der Waals surface area contributed by atoms with Crippen LogP contribution in [0.4, 0.5) is 10.5 Å². The fraction of sp³-hybridized carbons (Fsp3) is 0.474. The molecule has 1 aliphatic heterocycles. The van der Waals surface area contributed by atoms with E-state index in [0.717, 1.165) is 50.7 Å². The van der Waals surface area contributed by atoms with Crippen molar-refractivity contribution in [1.29, 1.82) is 0 Å². The molecule has 1 aliphatic carbocycles. The van der Waals surface area contributed by atoms with Gasteiger partial charge in [-0.3, -0.25) is 14.9 Å². The summed E-state index contributed by atoms with van der Waals surface area (Å²) in [6, 6.07) is 2.00.